The van der Waals surface area contributed by atoms with Gasteiger partial charge in [-0.2, -0.15) is 0 Å². The number of rotatable bonds is 3. The Bertz CT molecular complexity index is 561. The van der Waals surface area contributed by atoms with Crippen LogP contribution in [-0.2, 0) is 0 Å². The van der Waals surface area contributed by atoms with Gasteiger partial charge in [0.25, 0.3) is 0 Å². The third kappa shape index (κ3) is 2.99. The number of hydrogen-bond acceptors (Lipinski definition) is 1. The summed E-state index contributed by atoms with van der Waals surface area (Å²) in [5, 5.41) is 0. The van der Waals surface area contributed by atoms with Gasteiger partial charge in [0.05, 0.1) is 6.04 Å². The lowest BCUT2D eigenvalue weighted by Crippen LogP contribution is -2.13. The maximum absolute atomic E-state index is 13.7. The first kappa shape index (κ1) is 13.7. The third-order valence-corrected chi connectivity index (χ3v) is 3.26. The van der Waals surface area contributed by atoms with Crippen LogP contribution in [0.25, 0.3) is 0 Å². The van der Waals surface area contributed by atoms with Gasteiger partial charge in [-0.25, -0.2) is 8.78 Å². The van der Waals surface area contributed by atoms with Gasteiger partial charge in [-0.15, -0.1) is 0 Å². The van der Waals surface area contributed by atoms with Crippen molar-refractivity contribution in [3.8, 4) is 0 Å². The second-order valence-corrected chi connectivity index (χ2v) is 4.96. The van der Waals surface area contributed by atoms with E-state index in [2.05, 4.69) is 13.8 Å². The summed E-state index contributed by atoms with van der Waals surface area (Å²) in [6.45, 7) is 4.21. The fourth-order valence-electron chi connectivity index (χ4n) is 2.02. The zero-order valence-electron chi connectivity index (χ0n) is 11.0. The van der Waals surface area contributed by atoms with Gasteiger partial charge >= 0.3 is 0 Å². The van der Waals surface area contributed by atoms with E-state index in [1.54, 1.807) is 0 Å². The molecule has 100 valence electrons. The first-order valence-corrected chi connectivity index (χ1v) is 6.29. The van der Waals surface area contributed by atoms with E-state index in [-0.39, 0.29) is 0 Å². The van der Waals surface area contributed by atoms with Crippen LogP contribution in [0.1, 0.15) is 42.5 Å². The van der Waals surface area contributed by atoms with E-state index in [4.69, 9.17) is 5.73 Å². The molecule has 0 aliphatic heterocycles. The maximum atomic E-state index is 13.7. The van der Waals surface area contributed by atoms with E-state index in [9.17, 15) is 8.78 Å². The summed E-state index contributed by atoms with van der Waals surface area (Å²) < 4.78 is 26.5. The van der Waals surface area contributed by atoms with Crippen LogP contribution in [0.5, 0.6) is 0 Å². The summed E-state index contributed by atoms with van der Waals surface area (Å²) in [6, 6.07) is 10.7. The molecule has 0 saturated carbocycles. The Hall–Kier alpha value is -1.74. The Morgan fingerprint density at radius 1 is 0.895 bits per heavy atom. The van der Waals surface area contributed by atoms with Crippen LogP contribution in [0.2, 0.25) is 0 Å². The molecule has 0 radical (unpaired) electrons. The molecule has 1 nitrogen and oxygen atoms in total. The highest BCUT2D eigenvalue weighted by Crippen LogP contribution is 2.24. The van der Waals surface area contributed by atoms with Crippen molar-refractivity contribution in [3.63, 3.8) is 0 Å². The number of halogens is 2. The van der Waals surface area contributed by atoms with Crippen LogP contribution < -0.4 is 5.73 Å². The highest BCUT2D eigenvalue weighted by Gasteiger charge is 2.14. The van der Waals surface area contributed by atoms with Gasteiger partial charge in [-0.1, -0.05) is 44.2 Å². The fourth-order valence-corrected chi connectivity index (χ4v) is 2.02. The van der Waals surface area contributed by atoms with Crippen LogP contribution in [-0.4, -0.2) is 0 Å². The molecule has 3 heteroatoms. The van der Waals surface area contributed by atoms with Crippen molar-refractivity contribution < 1.29 is 8.78 Å². The van der Waals surface area contributed by atoms with Crippen molar-refractivity contribution in [2.24, 2.45) is 5.73 Å². The molecule has 1 unspecified atom stereocenters. The van der Waals surface area contributed by atoms with E-state index >= 15 is 0 Å². The van der Waals surface area contributed by atoms with E-state index in [1.165, 1.54) is 17.7 Å². The SMILES string of the molecule is CC(C)c1ccc(C(N)c2ccc(F)cc2F)cc1. The molecule has 1 atom stereocenters. The van der Waals surface area contributed by atoms with Gasteiger partial charge < -0.3 is 5.73 Å². The average molecular weight is 261 g/mol. The maximum Gasteiger partial charge on any atom is 0.131 e. The van der Waals surface area contributed by atoms with Crippen LogP contribution in [0.4, 0.5) is 8.78 Å². The zero-order chi connectivity index (χ0) is 14.0. The van der Waals surface area contributed by atoms with Crippen LogP contribution in [0.15, 0.2) is 42.5 Å². The highest BCUT2D eigenvalue weighted by atomic mass is 19.1. The normalized spacial score (nSPS) is 12.7. The Balaban J connectivity index is 2.30. The standard InChI is InChI=1S/C16H17F2N/c1-10(2)11-3-5-12(6-4-11)16(19)14-8-7-13(17)9-15(14)18/h3-10,16H,19H2,1-2H3. The smallest absolute Gasteiger partial charge is 0.131 e. The predicted octanol–water partition coefficient (Wildman–Crippen LogP) is 4.14. The first-order valence-electron chi connectivity index (χ1n) is 6.29. The molecule has 0 aliphatic carbocycles. The van der Waals surface area contributed by atoms with Crippen molar-refractivity contribution in [1.29, 1.82) is 0 Å². The number of nitrogens with two attached hydrogens (primary N) is 1. The number of benzene rings is 2. The second-order valence-electron chi connectivity index (χ2n) is 4.96. The molecule has 2 aromatic carbocycles. The lowest BCUT2D eigenvalue weighted by atomic mass is 9.95. The number of hydrogen-bond donors (Lipinski definition) is 1. The van der Waals surface area contributed by atoms with Gasteiger partial charge in [-0.3, -0.25) is 0 Å². The van der Waals surface area contributed by atoms with Gasteiger partial charge in [0, 0.05) is 11.6 Å². The van der Waals surface area contributed by atoms with Crippen molar-refractivity contribution in [1.82, 2.24) is 0 Å². The lowest BCUT2D eigenvalue weighted by molar-refractivity contribution is 0.566. The summed E-state index contributed by atoms with van der Waals surface area (Å²) >= 11 is 0. The Kier molecular flexibility index (Phi) is 3.96. The second kappa shape index (κ2) is 5.49. The molecule has 19 heavy (non-hydrogen) atoms. The molecule has 0 heterocycles. The molecule has 0 aliphatic rings. The Morgan fingerprint density at radius 3 is 2.00 bits per heavy atom. The van der Waals surface area contributed by atoms with Crippen LogP contribution in [0, 0.1) is 11.6 Å². The van der Waals surface area contributed by atoms with Crippen LogP contribution in [0.3, 0.4) is 0 Å². The quantitative estimate of drug-likeness (QED) is 0.883. The lowest BCUT2D eigenvalue weighted by Gasteiger charge is -2.15. The minimum absolute atomic E-state index is 0.304. The zero-order valence-corrected chi connectivity index (χ0v) is 11.0. The molecule has 0 amide bonds. The van der Waals surface area contributed by atoms with Crippen molar-refractivity contribution in [2.75, 3.05) is 0 Å². The summed E-state index contributed by atoms with van der Waals surface area (Å²) in [6.07, 6.45) is 0. The van der Waals surface area contributed by atoms with Gasteiger partial charge in [-0.05, 0) is 23.1 Å². The highest BCUT2D eigenvalue weighted by molar-refractivity contribution is 5.34. The topological polar surface area (TPSA) is 26.0 Å². The largest absolute Gasteiger partial charge is 0.320 e. The van der Waals surface area contributed by atoms with Crippen molar-refractivity contribution >= 4 is 0 Å². The monoisotopic (exact) mass is 261 g/mol. The summed E-state index contributed by atoms with van der Waals surface area (Å²) in [4.78, 5) is 0. The average Bonchev–Trinajstić information content (AvgIpc) is 2.38. The van der Waals surface area contributed by atoms with E-state index in [0.717, 1.165) is 11.6 Å². The molecule has 2 rings (SSSR count). The minimum atomic E-state index is -0.611. The molecule has 0 aromatic heterocycles. The van der Waals surface area contributed by atoms with E-state index in [0.29, 0.717) is 11.5 Å². The summed E-state index contributed by atoms with van der Waals surface area (Å²) in [7, 11) is 0. The first-order chi connectivity index (χ1) is 8.99. The summed E-state index contributed by atoms with van der Waals surface area (Å²) in [5.41, 5.74) is 8.35. The molecule has 0 saturated heterocycles. The van der Waals surface area contributed by atoms with Crippen molar-refractivity contribution in [3.05, 3.63) is 70.8 Å². The van der Waals surface area contributed by atoms with Crippen molar-refractivity contribution in [2.45, 2.75) is 25.8 Å². The molecule has 0 bridgehead atoms. The third-order valence-electron chi connectivity index (χ3n) is 3.26. The Labute approximate surface area is 112 Å². The molecule has 0 spiro atoms. The van der Waals surface area contributed by atoms with Gasteiger partial charge in [0.1, 0.15) is 11.6 Å². The molecule has 0 fully saturated rings. The minimum Gasteiger partial charge on any atom is -0.320 e. The van der Waals surface area contributed by atoms with Crippen LogP contribution >= 0.6 is 0 Å². The fraction of sp³-hybridized carbons (Fsp3) is 0.250. The van der Waals surface area contributed by atoms with Gasteiger partial charge in [0.15, 0.2) is 0 Å². The molecule has 2 N–H and O–H groups in total. The predicted molar refractivity (Wildman–Crippen MR) is 72.9 cm³/mol. The Morgan fingerprint density at radius 2 is 1.47 bits per heavy atom. The summed E-state index contributed by atoms with van der Waals surface area (Å²) in [5.74, 6) is -0.767. The molecular formula is C16H17F2N. The van der Waals surface area contributed by atoms with E-state index < -0.39 is 17.7 Å². The van der Waals surface area contributed by atoms with Gasteiger partial charge in [0.2, 0.25) is 0 Å². The molecular weight excluding hydrogens is 244 g/mol. The molecule has 2 aromatic rings. The van der Waals surface area contributed by atoms with E-state index in [1.807, 2.05) is 24.3 Å².